The Hall–Kier alpha value is -8.33. The summed E-state index contributed by atoms with van der Waals surface area (Å²) in [5, 5.41) is 33.8. The maximum Gasteiger partial charge on any atom is 0.494 e. The van der Waals surface area contributed by atoms with Crippen LogP contribution in [0, 0.1) is 17.5 Å². The van der Waals surface area contributed by atoms with Gasteiger partial charge < -0.3 is 38.7 Å². The zero-order valence-corrected chi connectivity index (χ0v) is 48.6. The van der Waals surface area contributed by atoms with E-state index in [2.05, 4.69) is 30.9 Å². The summed E-state index contributed by atoms with van der Waals surface area (Å²) in [5.41, 5.74) is 0.228. The van der Waals surface area contributed by atoms with Crippen molar-refractivity contribution in [3.05, 3.63) is 157 Å². The maximum atomic E-state index is 14.4. The van der Waals surface area contributed by atoms with Crippen LogP contribution < -0.4 is 43.9 Å². The van der Waals surface area contributed by atoms with Crippen LogP contribution >= 0.6 is 0 Å². The van der Waals surface area contributed by atoms with E-state index in [0.717, 1.165) is 81.8 Å². The summed E-state index contributed by atoms with van der Waals surface area (Å²) >= 11 is 0. The minimum atomic E-state index is -1.59. The third kappa shape index (κ3) is 21.4. The van der Waals surface area contributed by atoms with E-state index in [-0.39, 0.29) is 45.2 Å². The molecule has 0 saturated carbocycles. The Bertz CT molecular complexity index is 3320. The quantitative estimate of drug-likeness (QED) is 0.0210. The molecule has 1 saturated heterocycles. The van der Waals surface area contributed by atoms with Crippen molar-refractivity contribution in [1.29, 1.82) is 0 Å². The number of benzene rings is 3. The van der Waals surface area contributed by atoms with E-state index >= 15 is 0 Å². The molecule has 4 heterocycles. The van der Waals surface area contributed by atoms with Crippen LogP contribution in [-0.4, -0.2) is 107 Å². The number of aromatic hydroxyl groups is 1. The Labute approximate surface area is 489 Å². The van der Waals surface area contributed by atoms with Gasteiger partial charge in [0.1, 0.15) is 5.75 Å². The molecule has 1 aliphatic rings. The van der Waals surface area contributed by atoms with Gasteiger partial charge in [0.25, 0.3) is 0 Å². The Kier molecular flexibility index (Phi) is 25.9. The molecule has 0 atom stereocenters. The van der Waals surface area contributed by atoms with Gasteiger partial charge in [0.2, 0.25) is 0 Å². The summed E-state index contributed by atoms with van der Waals surface area (Å²) in [7, 11) is -2.08. The highest BCUT2D eigenvalue weighted by Crippen LogP contribution is 2.36. The van der Waals surface area contributed by atoms with Gasteiger partial charge in [-0.3, -0.25) is 29.7 Å². The average Bonchev–Trinajstić information content (AvgIpc) is 3.31. The summed E-state index contributed by atoms with van der Waals surface area (Å²) in [6, 6.07) is 19.7. The number of hydrogen-bond acceptors (Lipinski definition) is 17. The molecule has 6 N–H and O–H groups in total. The molecule has 28 heteroatoms. The van der Waals surface area contributed by atoms with Crippen LogP contribution in [0.2, 0.25) is 0 Å². The topological polar surface area (TPSA) is 299 Å². The lowest BCUT2D eigenvalue weighted by atomic mass is 9.79. The number of anilines is 3. The first kappa shape index (κ1) is 67.5. The molecule has 0 radical (unpaired) electrons. The van der Waals surface area contributed by atoms with Gasteiger partial charge in [-0.25, -0.2) is 41.9 Å². The van der Waals surface area contributed by atoms with Gasteiger partial charge in [-0.05, 0) is 86.7 Å². The molecule has 3 aromatic carbocycles. The smallest absolute Gasteiger partial charge is 0.494 e. The largest absolute Gasteiger partial charge is 0.508 e. The van der Waals surface area contributed by atoms with Gasteiger partial charge >= 0.3 is 49.6 Å². The molecule has 1 aliphatic heterocycles. The minimum Gasteiger partial charge on any atom is -0.508 e. The summed E-state index contributed by atoms with van der Waals surface area (Å²) in [6.07, 6.45) is 8.21. The normalized spacial score (nSPS) is 12.9. The monoisotopic (exact) mass is 1190 g/mol. The molecule has 0 aliphatic carbocycles. The predicted octanol–water partition coefficient (Wildman–Crippen LogP) is 7.19. The number of unbranched alkanes of at least 4 members (excludes halogenated alkanes) is 6. The molecule has 456 valence electrons. The molecule has 85 heavy (non-hydrogen) atoms. The number of carbonyl (C=O) groups excluding carboxylic acids is 3. The van der Waals surface area contributed by atoms with Crippen LogP contribution in [0.25, 0.3) is 0 Å². The van der Waals surface area contributed by atoms with Gasteiger partial charge in [0.05, 0.1) is 50.7 Å². The van der Waals surface area contributed by atoms with Crippen LogP contribution in [0.4, 0.5) is 45.0 Å². The molecule has 3 amide bonds. The van der Waals surface area contributed by atoms with Crippen molar-refractivity contribution in [1.82, 2.24) is 28.7 Å². The second-order valence-electron chi connectivity index (χ2n) is 20.6. The fourth-order valence-electron chi connectivity index (χ4n) is 7.70. The average molecular weight is 1190 g/mol. The molecule has 0 bridgehead atoms. The first-order valence-corrected chi connectivity index (χ1v) is 27.7. The van der Waals surface area contributed by atoms with E-state index in [9.17, 15) is 47.0 Å². The van der Waals surface area contributed by atoms with Crippen LogP contribution in [0.3, 0.4) is 0 Å². The van der Waals surface area contributed by atoms with Crippen molar-refractivity contribution in [3.63, 3.8) is 0 Å². The van der Waals surface area contributed by atoms with E-state index in [1.165, 1.54) is 24.3 Å². The molecule has 3 aromatic heterocycles. The molecule has 1 fully saturated rings. The standard InChI is InChI=1S/C23H31BFN3O5.C17H21BFN3O5.C17H20FN3O4/c1-6-7-8-13-31-21(30)27-19-18(25)15-28(20(29)26-19)14-16-9-11-17(12-10-16)24-32-22(2,3)23(4,5)33-24;1-2-3-4-9-27-17(24)21-15-14(19)11-22(16(23)20-15)10-12-5-7-13(8-6-12)18(25)26;1-2-3-4-9-25-17(24)20-15-14(18)11-21(16(23)19-15)10-12-5-7-13(22)8-6-12/h9-12,15H,6-8,13-14H2,1-5H3,(H,26,27,29,30);5-8,11,25-26H,2-4,9-10H2,1H3,(H,20,21,23,24);5-8,11,22H,2-4,9-10H2,1H3,(H,19,20,23,24). The first-order chi connectivity index (χ1) is 40.4. The Morgan fingerprint density at radius 1 is 0.529 bits per heavy atom. The number of ether oxygens (including phenoxy) is 3. The molecular weight excluding hydrogens is 1110 g/mol. The van der Waals surface area contributed by atoms with Crippen molar-refractivity contribution in [3.8, 4) is 5.75 Å². The van der Waals surface area contributed by atoms with Crippen LogP contribution in [0.1, 0.15) is 123 Å². The molecule has 0 spiro atoms. The predicted molar refractivity (Wildman–Crippen MR) is 313 cm³/mol. The SMILES string of the molecule is CCCCCOC(=O)Nc1nc(=O)n(Cc2ccc(B(O)O)cc2)cc1F.CCCCCOC(=O)Nc1nc(=O)n(Cc2ccc(B3OC(C)(C)C(C)(C)O3)cc2)cc1F.CCCCCOC(=O)Nc1nc(=O)n(Cc2ccc(O)cc2)cc1F. The molecule has 23 nitrogen and oxygen atoms in total. The van der Waals surface area contributed by atoms with Gasteiger partial charge in [-0.15, -0.1) is 0 Å². The maximum absolute atomic E-state index is 14.4. The zero-order valence-electron chi connectivity index (χ0n) is 48.6. The van der Waals surface area contributed by atoms with Gasteiger partial charge in [-0.1, -0.05) is 120 Å². The molecule has 0 unspecified atom stereocenters. The Morgan fingerprint density at radius 2 is 0.835 bits per heavy atom. The second kappa shape index (κ2) is 32.7. The van der Waals surface area contributed by atoms with Crippen molar-refractivity contribution in [2.24, 2.45) is 0 Å². The lowest BCUT2D eigenvalue weighted by Crippen LogP contribution is -2.41. The van der Waals surface area contributed by atoms with Crippen molar-refractivity contribution in [2.75, 3.05) is 35.8 Å². The van der Waals surface area contributed by atoms with Crippen LogP contribution in [0.5, 0.6) is 5.75 Å². The van der Waals surface area contributed by atoms with E-state index in [4.69, 9.17) is 33.6 Å². The van der Waals surface area contributed by atoms with E-state index in [1.54, 1.807) is 24.3 Å². The number of nitrogens with zero attached hydrogens (tertiary/aromatic N) is 6. The molecule has 7 rings (SSSR count). The highest BCUT2D eigenvalue weighted by molar-refractivity contribution is 6.62. The highest BCUT2D eigenvalue weighted by atomic mass is 19.1. The third-order valence-electron chi connectivity index (χ3n) is 13.2. The number of amides is 3. The number of phenolic OH excluding ortho intramolecular Hbond substituents is 1. The summed E-state index contributed by atoms with van der Waals surface area (Å²) < 4.78 is 72.7. The fraction of sp³-hybridized carbons (Fsp3) is 0.421. The van der Waals surface area contributed by atoms with Gasteiger partial charge in [0, 0.05) is 18.6 Å². The Balaban J connectivity index is 0.000000236. The van der Waals surface area contributed by atoms with Crippen molar-refractivity contribution < 1.29 is 66.2 Å². The minimum absolute atomic E-state index is 0.0340. The number of nitrogens with one attached hydrogen (secondary N) is 3. The second-order valence-corrected chi connectivity index (χ2v) is 20.6. The summed E-state index contributed by atoms with van der Waals surface area (Å²) in [6.45, 7) is 14.9. The number of carbonyl (C=O) groups is 3. The van der Waals surface area contributed by atoms with Gasteiger partial charge in [-0.2, -0.15) is 15.0 Å². The number of hydrogen-bond donors (Lipinski definition) is 6. The lowest BCUT2D eigenvalue weighted by Gasteiger charge is -2.32. The van der Waals surface area contributed by atoms with Crippen LogP contribution in [0.15, 0.2) is 106 Å². The molecular formula is C57H72B2F3N9O14. The lowest BCUT2D eigenvalue weighted by molar-refractivity contribution is 0.00578. The Morgan fingerprint density at radius 3 is 1.14 bits per heavy atom. The fourth-order valence-corrected chi connectivity index (χ4v) is 7.70. The van der Waals surface area contributed by atoms with E-state index in [1.807, 2.05) is 72.7 Å². The molecule has 6 aromatic rings. The van der Waals surface area contributed by atoms with E-state index < -0.39 is 95.7 Å². The summed E-state index contributed by atoms with van der Waals surface area (Å²) in [4.78, 5) is 82.1. The number of halogens is 3. The number of aromatic nitrogens is 6. The van der Waals surface area contributed by atoms with Crippen molar-refractivity contribution >= 4 is 60.9 Å². The highest BCUT2D eigenvalue weighted by Gasteiger charge is 2.51. The number of rotatable bonds is 23. The zero-order chi connectivity index (χ0) is 62.3. The van der Waals surface area contributed by atoms with Crippen LogP contribution in [-0.2, 0) is 43.2 Å². The third-order valence-corrected chi connectivity index (χ3v) is 13.2. The first-order valence-electron chi connectivity index (χ1n) is 27.7. The number of phenols is 1. The van der Waals surface area contributed by atoms with Gasteiger partial charge in [0.15, 0.2) is 34.9 Å². The summed E-state index contributed by atoms with van der Waals surface area (Å²) in [5.74, 6) is -3.85. The van der Waals surface area contributed by atoms with E-state index in [0.29, 0.717) is 35.9 Å². The van der Waals surface area contributed by atoms with Crippen molar-refractivity contribution in [2.45, 2.75) is 137 Å².